The molecule has 0 saturated carbocycles. The number of nitriles is 2. The zero-order valence-corrected chi connectivity index (χ0v) is 54.2. The molecule has 98 heavy (non-hydrogen) atoms. The summed E-state index contributed by atoms with van der Waals surface area (Å²) in [4.78, 5) is 30.6. The van der Waals surface area contributed by atoms with Gasteiger partial charge in [-0.15, -0.1) is 0 Å². The highest BCUT2D eigenvalue weighted by molar-refractivity contribution is 6.14. The number of hydrogen-bond acceptors (Lipinski definition) is 8. The normalized spacial score (nSPS) is 11.7. The summed E-state index contributed by atoms with van der Waals surface area (Å²) in [6, 6.07) is 92.0. The van der Waals surface area contributed by atoms with E-state index >= 15 is 0 Å². The summed E-state index contributed by atoms with van der Waals surface area (Å²) in [6.45, 7) is 10.2. The molecule has 0 aliphatic rings. The molecule has 0 unspecified atom stereocenters. The first-order valence-corrected chi connectivity index (χ1v) is 32.8. The molecule has 0 atom stereocenters. The third-order valence-electron chi connectivity index (χ3n) is 19.4. The molecule has 462 valence electrons. The average Bonchev–Trinajstić information content (AvgIpc) is 1.54. The second-order valence-electron chi connectivity index (χ2n) is 25.6. The van der Waals surface area contributed by atoms with Gasteiger partial charge in [0.1, 0.15) is 23.8 Å². The van der Waals surface area contributed by atoms with Gasteiger partial charge in [-0.2, -0.15) is 10.5 Å². The monoisotopic (exact) mass is 1260 g/mol. The van der Waals surface area contributed by atoms with Crippen LogP contribution in [0.2, 0.25) is 0 Å². The topological polar surface area (TPSA) is 145 Å². The zero-order valence-electron chi connectivity index (χ0n) is 54.2. The molecule has 0 fully saturated rings. The van der Waals surface area contributed by atoms with Crippen molar-refractivity contribution in [3.8, 4) is 80.4 Å². The van der Waals surface area contributed by atoms with Crippen molar-refractivity contribution in [1.29, 1.82) is 10.5 Å². The van der Waals surface area contributed by atoms with Gasteiger partial charge in [0.05, 0.1) is 78.0 Å². The molecule has 6 aromatic heterocycles. The van der Waals surface area contributed by atoms with Crippen LogP contribution in [-0.2, 0) is 6.42 Å². The minimum Gasteiger partial charge on any atom is -0.308 e. The van der Waals surface area contributed by atoms with E-state index in [9.17, 15) is 10.5 Å². The van der Waals surface area contributed by atoms with Gasteiger partial charge >= 0.3 is 0 Å². The molecule has 0 saturated heterocycles. The molecule has 0 aliphatic heterocycles. The van der Waals surface area contributed by atoms with E-state index in [1.807, 2.05) is 86.6 Å². The summed E-state index contributed by atoms with van der Waals surface area (Å²) in [5, 5.41) is 31.6. The molecular formula is C86H58N12. The highest BCUT2D eigenvalue weighted by Crippen LogP contribution is 2.45. The molecule has 0 N–H and O–H groups in total. The highest BCUT2D eigenvalue weighted by atomic mass is 15.1. The smallest absolute Gasteiger partial charge is 0.166 e. The van der Waals surface area contributed by atoms with Crippen LogP contribution in [0.4, 0.5) is 0 Å². The summed E-state index contributed by atoms with van der Waals surface area (Å²) < 4.78 is 9.01. The first-order valence-electron chi connectivity index (χ1n) is 32.8. The van der Waals surface area contributed by atoms with E-state index in [1.54, 1.807) is 0 Å². The molecule has 0 bridgehead atoms. The summed E-state index contributed by atoms with van der Waals surface area (Å²) in [5.74, 6) is 3.27. The van der Waals surface area contributed by atoms with Crippen molar-refractivity contribution in [2.45, 2.75) is 41.0 Å². The van der Waals surface area contributed by atoms with E-state index in [2.05, 4.69) is 232 Å². The van der Waals surface area contributed by atoms with Gasteiger partial charge in [-0.3, -0.25) is 0 Å². The molecule has 12 heteroatoms. The van der Waals surface area contributed by atoms with Gasteiger partial charge in [0.25, 0.3) is 0 Å². The molecule has 12 aromatic carbocycles. The van der Waals surface area contributed by atoms with Gasteiger partial charge in [-0.25, -0.2) is 29.9 Å². The van der Waals surface area contributed by atoms with Gasteiger partial charge in [0.2, 0.25) is 0 Å². The Hall–Kier alpha value is -13.2. The van der Waals surface area contributed by atoms with Crippen molar-refractivity contribution in [3.63, 3.8) is 0 Å². The van der Waals surface area contributed by atoms with Gasteiger partial charge in [0.15, 0.2) is 23.3 Å². The molecule has 0 spiro atoms. The van der Waals surface area contributed by atoms with Gasteiger partial charge < -0.3 is 18.3 Å². The maximum absolute atomic E-state index is 11.6. The number of hydrogen-bond donors (Lipinski definition) is 0. The molecular weight excluding hydrogens is 1200 g/mol. The third kappa shape index (κ3) is 9.18. The Morgan fingerprint density at radius 2 is 0.684 bits per heavy atom. The second-order valence-corrected chi connectivity index (χ2v) is 25.6. The van der Waals surface area contributed by atoms with Crippen molar-refractivity contribution in [2.24, 2.45) is 0 Å². The van der Waals surface area contributed by atoms with E-state index in [0.29, 0.717) is 58.2 Å². The van der Waals surface area contributed by atoms with Crippen LogP contribution < -0.4 is 0 Å². The van der Waals surface area contributed by atoms with Crippen LogP contribution in [-0.4, -0.2) is 48.2 Å². The molecule has 0 aliphatic carbocycles. The average molecular weight is 1260 g/mol. The molecule has 0 amide bonds. The number of nitrogens with zero attached hydrogens (tertiary/aromatic N) is 12. The Labute approximate surface area is 563 Å². The minimum absolute atomic E-state index is 0.467. The Morgan fingerprint density at radius 1 is 0.296 bits per heavy atom. The summed E-state index contributed by atoms with van der Waals surface area (Å²) in [5.41, 5.74) is 20.8. The van der Waals surface area contributed by atoms with Gasteiger partial charge in [0, 0.05) is 65.3 Å². The van der Waals surface area contributed by atoms with Crippen LogP contribution >= 0.6 is 0 Å². The molecule has 18 aromatic rings. The molecule has 6 heterocycles. The predicted molar refractivity (Wildman–Crippen MR) is 395 cm³/mol. The Balaban J connectivity index is 0.816. The van der Waals surface area contributed by atoms with Crippen LogP contribution in [0.3, 0.4) is 0 Å². The Bertz CT molecular complexity index is 6410. The van der Waals surface area contributed by atoms with E-state index in [0.717, 1.165) is 149 Å². The highest BCUT2D eigenvalue weighted by Gasteiger charge is 2.27. The lowest BCUT2D eigenvalue weighted by Gasteiger charge is -2.19. The SMILES string of the molecule is Cc1ccc2c(c1)c1ccccc1n2-c1cc(-c2nc(-c3ccccc3)nc(-c3ccccc3)n2)c(-n2c3ccccc3c3cc(Cc4cc5c6ccccc6n(-c6cc(C#N)c(-n7c8ccccc8c8ccc(C)cc87)cc6-c6nc(C)nc(C)n6)c5cc4C)ccc32)cc1C#N. The number of rotatable bonds is 10. The quantitative estimate of drug-likeness (QED) is 0.132. The lowest BCUT2D eigenvalue weighted by molar-refractivity contribution is 0.926. The van der Waals surface area contributed by atoms with E-state index in [4.69, 9.17) is 24.9 Å². The largest absolute Gasteiger partial charge is 0.308 e. The van der Waals surface area contributed by atoms with Crippen LogP contribution in [0.15, 0.2) is 249 Å². The fourth-order valence-electron chi connectivity index (χ4n) is 15.0. The lowest BCUT2D eigenvalue weighted by atomic mass is 9.97. The Morgan fingerprint density at radius 3 is 1.22 bits per heavy atom. The summed E-state index contributed by atoms with van der Waals surface area (Å²) in [6.07, 6.45) is 0.642. The second kappa shape index (κ2) is 22.5. The summed E-state index contributed by atoms with van der Waals surface area (Å²) >= 11 is 0. The van der Waals surface area contributed by atoms with E-state index in [-0.39, 0.29) is 0 Å². The van der Waals surface area contributed by atoms with E-state index in [1.165, 1.54) is 5.56 Å². The standard InChI is InChI=1S/C86H58N12/c1-50-33-36-75-66(38-50)62-25-13-17-29-72(62)95(75)77-47-70(86-93-83(56-20-8-6-9-21-56)92-84(94-86)57-22-10-7-11-23-57)81(44-59(77)48-87)96-73-30-18-14-26-63(73)67-42-55(34-37-76(67)96)41-58-43-68-64-27-15-19-31-74(64)98(80(68)40-52(58)3)82-45-60(49-88)78(46-69(82)85-90-53(4)89-54(5)91-85)97-71-28-16-12-24-61(71)65-35-32-51(2)39-79(65)97/h6-40,42-47H,41H2,1-5H3. The predicted octanol–water partition coefficient (Wildman–Crippen LogP) is 20.0. The molecule has 12 nitrogen and oxygen atoms in total. The maximum atomic E-state index is 11.6. The van der Waals surface area contributed by atoms with Gasteiger partial charge in [-0.05, 0) is 154 Å². The van der Waals surface area contributed by atoms with Crippen molar-refractivity contribution in [3.05, 3.63) is 299 Å². The van der Waals surface area contributed by atoms with Gasteiger partial charge in [-0.1, -0.05) is 163 Å². The minimum atomic E-state index is 0.467. The first-order chi connectivity index (χ1) is 48.0. The number of benzene rings is 12. The van der Waals surface area contributed by atoms with E-state index < -0.39 is 0 Å². The molecule has 0 radical (unpaired) electrons. The fraction of sp³-hybridized carbons (Fsp3) is 0.0698. The first kappa shape index (κ1) is 57.5. The van der Waals surface area contributed by atoms with Crippen LogP contribution in [0.1, 0.15) is 50.6 Å². The van der Waals surface area contributed by atoms with Crippen molar-refractivity contribution < 1.29 is 0 Å². The van der Waals surface area contributed by atoms with Crippen molar-refractivity contribution in [2.75, 3.05) is 0 Å². The fourth-order valence-corrected chi connectivity index (χ4v) is 15.0. The number of para-hydroxylation sites is 4. The van der Waals surface area contributed by atoms with Crippen molar-refractivity contribution >= 4 is 87.2 Å². The molecule has 18 rings (SSSR count). The van der Waals surface area contributed by atoms with Crippen LogP contribution in [0.5, 0.6) is 0 Å². The third-order valence-corrected chi connectivity index (χ3v) is 19.4. The number of aromatic nitrogens is 10. The maximum Gasteiger partial charge on any atom is 0.166 e. The lowest BCUT2D eigenvalue weighted by Crippen LogP contribution is -2.07. The Kier molecular flexibility index (Phi) is 13.2. The van der Waals surface area contributed by atoms with Crippen LogP contribution in [0.25, 0.3) is 156 Å². The van der Waals surface area contributed by atoms with Crippen molar-refractivity contribution in [1.82, 2.24) is 48.2 Å². The summed E-state index contributed by atoms with van der Waals surface area (Å²) in [7, 11) is 0. The number of fused-ring (bicyclic) bond motifs is 12. The zero-order chi connectivity index (χ0) is 66.0. The van der Waals surface area contributed by atoms with Crippen LogP contribution in [0, 0.1) is 57.3 Å². The number of aryl methyl sites for hydroxylation is 5.